The number of nitrogens with zero attached hydrogens (tertiary/aromatic N) is 4. The Balaban J connectivity index is 1.04. The van der Waals surface area contributed by atoms with E-state index in [-0.39, 0.29) is 0 Å². The SMILES string of the molecule is c1ccc(-c2ccc(N(c3ccccc3)c3cccc(N(c4cccc(N(c5ccccc5)c5ccc(-c6ccccc6)cc5)c4)c4ccc5c6ccccc6n(-c6ccccc6)c5c4)c3)cc2)cc1. The van der Waals surface area contributed by atoms with Gasteiger partial charge in [0.2, 0.25) is 0 Å². The molecule has 0 aliphatic carbocycles. The van der Waals surface area contributed by atoms with Gasteiger partial charge in [-0.2, -0.15) is 0 Å². The van der Waals surface area contributed by atoms with E-state index in [1.807, 2.05) is 0 Å². The van der Waals surface area contributed by atoms with Crippen molar-refractivity contribution in [1.82, 2.24) is 4.57 Å². The second kappa shape index (κ2) is 18.7. The van der Waals surface area contributed by atoms with Crippen molar-refractivity contribution >= 4 is 73.0 Å². The molecular formula is C66H48N4. The topological polar surface area (TPSA) is 14.7 Å². The van der Waals surface area contributed by atoms with E-state index in [4.69, 9.17) is 0 Å². The van der Waals surface area contributed by atoms with Crippen LogP contribution >= 0.6 is 0 Å². The van der Waals surface area contributed by atoms with Gasteiger partial charge in [0.25, 0.3) is 0 Å². The summed E-state index contributed by atoms with van der Waals surface area (Å²) in [5.41, 5.74) is 17.6. The predicted octanol–water partition coefficient (Wildman–Crippen LogP) is 18.5. The number of hydrogen-bond acceptors (Lipinski definition) is 3. The van der Waals surface area contributed by atoms with Crippen molar-refractivity contribution in [2.24, 2.45) is 0 Å². The lowest BCUT2D eigenvalue weighted by atomic mass is 10.0. The van der Waals surface area contributed by atoms with Gasteiger partial charge >= 0.3 is 0 Å². The number of hydrogen-bond donors (Lipinski definition) is 0. The highest BCUT2D eigenvalue weighted by molar-refractivity contribution is 6.10. The molecule has 0 aliphatic heterocycles. The first-order chi connectivity index (χ1) is 34.7. The first-order valence-corrected chi connectivity index (χ1v) is 23.8. The van der Waals surface area contributed by atoms with Gasteiger partial charge < -0.3 is 19.3 Å². The van der Waals surface area contributed by atoms with E-state index < -0.39 is 0 Å². The second-order valence-corrected chi connectivity index (χ2v) is 17.4. The molecule has 4 nitrogen and oxygen atoms in total. The second-order valence-electron chi connectivity index (χ2n) is 17.4. The molecule has 12 aromatic rings. The van der Waals surface area contributed by atoms with Crippen LogP contribution in [0.1, 0.15) is 0 Å². The molecule has 0 N–H and O–H groups in total. The standard InChI is InChI=1S/C66H48N4/c1-6-20-49(21-7-1)51-36-40-56(41-37-51)67(53-24-10-3-11-25-53)58-30-18-32-60(46-58)69(62-44-45-64-63-34-16-17-35-65(63)70(66(64)48-62)55-28-14-5-15-29-55)61-33-19-31-59(47-61)68(54-26-12-4-13-27-54)57-42-38-52(39-43-57)50-22-8-2-9-23-50/h1-48H. The zero-order valence-corrected chi connectivity index (χ0v) is 38.5. The average Bonchev–Trinajstić information content (AvgIpc) is 3.77. The Bertz CT molecular complexity index is 3520. The molecule has 0 saturated heterocycles. The van der Waals surface area contributed by atoms with Gasteiger partial charge in [0, 0.05) is 67.6 Å². The van der Waals surface area contributed by atoms with Gasteiger partial charge in [-0.3, -0.25) is 0 Å². The summed E-state index contributed by atoms with van der Waals surface area (Å²) in [6.07, 6.45) is 0. The summed E-state index contributed by atoms with van der Waals surface area (Å²) < 4.78 is 2.39. The van der Waals surface area contributed by atoms with Crippen molar-refractivity contribution in [3.05, 3.63) is 291 Å². The molecule has 70 heavy (non-hydrogen) atoms. The van der Waals surface area contributed by atoms with Gasteiger partial charge in [-0.1, -0.05) is 176 Å². The lowest BCUT2D eigenvalue weighted by Gasteiger charge is -2.31. The first-order valence-electron chi connectivity index (χ1n) is 23.8. The Hall–Kier alpha value is -9.38. The Labute approximate surface area is 409 Å². The summed E-state index contributed by atoms with van der Waals surface area (Å²) in [5.74, 6) is 0. The molecule has 0 saturated carbocycles. The third-order valence-corrected chi connectivity index (χ3v) is 13.1. The largest absolute Gasteiger partial charge is 0.310 e. The number of aromatic nitrogens is 1. The van der Waals surface area contributed by atoms with Crippen LogP contribution in [0.15, 0.2) is 291 Å². The molecule has 0 atom stereocenters. The molecule has 0 unspecified atom stereocenters. The van der Waals surface area contributed by atoms with Crippen LogP contribution in [0.3, 0.4) is 0 Å². The fourth-order valence-corrected chi connectivity index (χ4v) is 9.86. The maximum absolute atomic E-state index is 2.41. The molecule has 0 spiro atoms. The Morgan fingerprint density at radius 3 is 0.986 bits per heavy atom. The molecule has 0 bridgehead atoms. The lowest BCUT2D eigenvalue weighted by molar-refractivity contribution is 1.18. The minimum Gasteiger partial charge on any atom is -0.310 e. The minimum atomic E-state index is 1.02. The molecule has 11 aromatic carbocycles. The zero-order valence-electron chi connectivity index (χ0n) is 38.5. The van der Waals surface area contributed by atoms with Crippen LogP contribution in [0.4, 0.5) is 51.2 Å². The fraction of sp³-hybridized carbons (Fsp3) is 0. The summed E-state index contributed by atoms with van der Waals surface area (Å²) in [6, 6.07) is 104. The number of fused-ring (bicyclic) bond motifs is 3. The summed E-state index contributed by atoms with van der Waals surface area (Å²) >= 11 is 0. The molecule has 0 fully saturated rings. The molecule has 0 radical (unpaired) electrons. The number of anilines is 9. The van der Waals surface area contributed by atoms with Crippen molar-refractivity contribution < 1.29 is 0 Å². The van der Waals surface area contributed by atoms with Crippen LogP contribution in [0.2, 0.25) is 0 Å². The molecule has 1 aromatic heterocycles. The maximum Gasteiger partial charge on any atom is 0.0561 e. The summed E-state index contributed by atoms with van der Waals surface area (Å²) in [4.78, 5) is 7.10. The molecule has 332 valence electrons. The zero-order chi connectivity index (χ0) is 46.6. The van der Waals surface area contributed by atoms with Crippen LogP contribution in [0, 0.1) is 0 Å². The van der Waals surface area contributed by atoms with Gasteiger partial charge in [-0.25, -0.2) is 0 Å². The van der Waals surface area contributed by atoms with E-state index in [0.717, 1.165) is 62.4 Å². The minimum absolute atomic E-state index is 1.02. The third-order valence-electron chi connectivity index (χ3n) is 13.1. The highest BCUT2D eigenvalue weighted by atomic mass is 15.2. The van der Waals surface area contributed by atoms with Crippen molar-refractivity contribution in [2.45, 2.75) is 0 Å². The maximum atomic E-state index is 2.41. The Kier molecular flexibility index (Phi) is 11.2. The van der Waals surface area contributed by atoms with Gasteiger partial charge in [-0.05, 0) is 138 Å². The highest BCUT2D eigenvalue weighted by Gasteiger charge is 2.22. The predicted molar refractivity (Wildman–Crippen MR) is 296 cm³/mol. The number of para-hydroxylation sites is 4. The Morgan fingerprint density at radius 2 is 0.514 bits per heavy atom. The molecular weight excluding hydrogens is 849 g/mol. The van der Waals surface area contributed by atoms with Gasteiger partial charge in [-0.15, -0.1) is 0 Å². The highest BCUT2D eigenvalue weighted by Crippen LogP contribution is 2.45. The smallest absolute Gasteiger partial charge is 0.0561 e. The molecule has 4 heteroatoms. The van der Waals surface area contributed by atoms with Gasteiger partial charge in [0.1, 0.15) is 0 Å². The molecule has 1 heterocycles. The quantitative estimate of drug-likeness (QED) is 0.121. The summed E-state index contributed by atoms with van der Waals surface area (Å²) in [5, 5.41) is 2.42. The Morgan fingerprint density at radius 1 is 0.200 bits per heavy atom. The van der Waals surface area contributed by atoms with E-state index in [1.165, 1.54) is 38.5 Å². The van der Waals surface area contributed by atoms with Gasteiger partial charge in [0.05, 0.1) is 11.0 Å². The molecule has 0 amide bonds. The van der Waals surface area contributed by atoms with E-state index in [2.05, 4.69) is 310 Å². The van der Waals surface area contributed by atoms with Crippen LogP contribution in [0.5, 0.6) is 0 Å². The fourth-order valence-electron chi connectivity index (χ4n) is 9.86. The van der Waals surface area contributed by atoms with E-state index >= 15 is 0 Å². The van der Waals surface area contributed by atoms with Crippen molar-refractivity contribution in [2.75, 3.05) is 14.7 Å². The van der Waals surface area contributed by atoms with Crippen molar-refractivity contribution in [1.29, 1.82) is 0 Å². The number of rotatable bonds is 12. The van der Waals surface area contributed by atoms with E-state index in [0.29, 0.717) is 0 Å². The van der Waals surface area contributed by atoms with Crippen LogP contribution in [0.25, 0.3) is 49.7 Å². The van der Waals surface area contributed by atoms with Crippen LogP contribution in [-0.4, -0.2) is 4.57 Å². The van der Waals surface area contributed by atoms with Gasteiger partial charge in [0.15, 0.2) is 0 Å². The van der Waals surface area contributed by atoms with Crippen molar-refractivity contribution in [3.63, 3.8) is 0 Å². The summed E-state index contributed by atoms with van der Waals surface area (Å²) in [7, 11) is 0. The monoisotopic (exact) mass is 896 g/mol. The van der Waals surface area contributed by atoms with Crippen LogP contribution < -0.4 is 14.7 Å². The van der Waals surface area contributed by atoms with E-state index in [1.54, 1.807) is 0 Å². The lowest BCUT2D eigenvalue weighted by Crippen LogP contribution is -2.14. The van der Waals surface area contributed by atoms with E-state index in [9.17, 15) is 0 Å². The van der Waals surface area contributed by atoms with Crippen molar-refractivity contribution in [3.8, 4) is 27.9 Å². The molecule has 12 rings (SSSR count). The summed E-state index contributed by atoms with van der Waals surface area (Å²) in [6.45, 7) is 0. The average molecular weight is 897 g/mol. The third kappa shape index (κ3) is 8.14. The first kappa shape index (κ1) is 42.0. The number of benzene rings is 11. The normalized spacial score (nSPS) is 11.1. The molecule has 0 aliphatic rings. The van der Waals surface area contributed by atoms with Crippen LogP contribution in [-0.2, 0) is 0 Å².